The van der Waals surface area contributed by atoms with Crippen LogP contribution < -0.4 is 10.6 Å². The van der Waals surface area contributed by atoms with Crippen LogP contribution in [0.3, 0.4) is 0 Å². The van der Waals surface area contributed by atoms with Gasteiger partial charge in [-0.2, -0.15) is 0 Å². The molecule has 40 heavy (non-hydrogen) atoms. The van der Waals surface area contributed by atoms with Crippen LogP contribution in [0.4, 0.5) is 4.79 Å². The molecule has 218 valence electrons. The summed E-state index contributed by atoms with van der Waals surface area (Å²) >= 11 is 0. The fourth-order valence-corrected chi connectivity index (χ4v) is 3.98. The molecule has 0 fully saturated rings. The molecule has 0 aliphatic carbocycles. The molecule has 11 heteroatoms. The highest BCUT2D eigenvalue weighted by atomic mass is 16.6. The second-order valence-electron chi connectivity index (χ2n) is 11.2. The van der Waals surface area contributed by atoms with Gasteiger partial charge in [0, 0.05) is 17.5 Å². The largest absolute Gasteiger partial charge is 0.508 e. The molecule has 2 atom stereocenters. The maximum atomic E-state index is 14.3. The molecule has 2 unspecified atom stereocenters. The molecule has 2 rings (SSSR count). The summed E-state index contributed by atoms with van der Waals surface area (Å²) in [6.45, 7) is 9.71. The van der Waals surface area contributed by atoms with Crippen molar-refractivity contribution in [3.05, 3.63) is 59.7 Å². The zero-order valence-electron chi connectivity index (χ0n) is 24.0. The first-order valence-electron chi connectivity index (χ1n) is 12.8. The van der Waals surface area contributed by atoms with Crippen LogP contribution in [0.1, 0.15) is 58.7 Å². The van der Waals surface area contributed by atoms with Crippen LogP contribution in [0.2, 0.25) is 0 Å². The first-order valence-corrected chi connectivity index (χ1v) is 12.8. The standard InChI is InChI=1S/C29H39N3O8/c1-28(2,3)32(24(20-10-8-9-11-22(20)34)25(36)30-17-23(35)39-7)26(37)21(31-27(38)40-29(4,5)6)16-18-12-14-19(33)15-13-18/h8-15,21,24,33-34H,16-17H2,1-7H3,(H,30,36)(H,31,38). The number of rotatable bonds is 9. The smallest absolute Gasteiger partial charge is 0.408 e. The third-order valence-electron chi connectivity index (χ3n) is 5.70. The molecular formula is C29H39N3O8. The van der Waals surface area contributed by atoms with Crippen molar-refractivity contribution < 1.29 is 38.9 Å². The van der Waals surface area contributed by atoms with Crippen LogP contribution in [-0.2, 0) is 30.3 Å². The highest BCUT2D eigenvalue weighted by Crippen LogP contribution is 2.34. The van der Waals surface area contributed by atoms with Gasteiger partial charge in [-0.25, -0.2) is 4.79 Å². The monoisotopic (exact) mass is 557 g/mol. The minimum atomic E-state index is -1.39. The SMILES string of the molecule is COC(=O)CNC(=O)C(c1ccccc1O)N(C(=O)C(Cc1ccc(O)cc1)NC(=O)OC(C)(C)C)C(C)(C)C. The molecule has 0 radical (unpaired) electrons. The quantitative estimate of drug-likeness (QED) is 0.343. The van der Waals surface area contributed by atoms with Crippen molar-refractivity contribution in [1.82, 2.24) is 15.5 Å². The number of nitrogens with one attached hydrogen (secondary N) is 2. The van der Waals surface area contributed by atoms with Gasteiger partial charge in [0.1, 0.15) is 35.7 Å². The number of carbonyl (C=O) groups is 4. The van der Waals surface area contributed by atoms with Gasteiger partial charge in [-0.15, -0.1) is 0 Å². The normalized spacial score (nSPS) is 13.0. The fourth-order valence-electron chi connectivity index (χ4n) is 3.98. The van der Waals surface area contributed by atoms with E-state index in [-0.39, 0.29) is 23.5 Å². The Morgan fingerprint density at radius 3 is 2.05 bits per heavy atom. The van der Waals surface area contributed by atoms with Crippen LogP contribution in [0.15, 0.2) is 48.5 Å². The van der Waals surface area contributed by atoms with E-state index in [1.54, 1.807) is 65.8 Å². The number of methoxy groups -OCH3 is 1. The lowest BCUT2D eigenvalue weighted by molar-refractivity contribution is -0.149. The van der Waals surface area contributed by atoms with E-state index in [1.807, 2.05) is 0 Å². The maximum absolute atomic E-state index is 14.3. The molecule has 0 spiro atoms. The van der Waals surface area contributed by atoms with Crippen molar-refractivity contribution in [1.29, 1.82) is 0 Å². The fraction of sp³-hybridized carbons (Fsp3) is 0.448. The summed E-state index contributed by atoms with van der Waals surface area (Å²) in [7, 11) is 1.18. The van der Waals surface area contributed by atoms with Gasteiger partial charge in [0.25, 0.3) is 0 Å². The Bertz CT molecular complexity index is 1200. The van der Waals surface area contributed by atoms with Gasteiger partial charge in [0.05, 0.1) is 7.11 Å². The van der Waals surface area contributed by atoms with Gasteiger partial charge in [-0.05, 0) is 65.3 Å². The number of phenolic OH excluding ortho intramolecular Hbond substituents is 2. The maximum Gasteiger partial charge on any atom is 0.408 e. The number of esters is 1. The van der Waals surface area contributed by atoms with Crippen molar-refractivity contribution in [2.75, 3.05) is 13.7 Å². The zero-order valence-corrected chi connectivity index (χ0v) is 24.0. The van der Waals surface area contributed by atoms with E-state index in [0.717, 1.165) is 0 Å². The first-order chi connectivity index (χ1) is 18.5. The number of alkyl carbamates (subject to hydrolysis) is 1. The number of aromatic hydroxyl groups is 2. The predicted molar refractivity (Wildman–Crippen MR) is 147 cm³/mol. The molecule has 0 aromatic heterocycles. The number of para-hydroxylation sites is 1. The Kier molecular flexibility index (Phi) is 10.5. The number of nitrogens with zero attached hydrogens (tertiary/aromatic N) is 1. The topological polar surface area (TPSA) is 154 Å². The predicted octanol–water partition coefficient (Wildman–Crippen LogP) is 3.19. The van der Waals surface area contributed by atoms with Crippen molar-refractivity contribution in [2.45, 2.75) is 71.2 Å². The van der Waals surface area contributed by atoms with E-state index in [9.17, 15) is 29.4 Å². The summed E-state index contributed by atoms with van der Waals surface area (Å²) in [5, 5.41) is 25.5. The minimum Gasteiger partial charge on any atom is -0.508 e. The molecule has 3 amide bonds. The van der Waals surface area contributed by atoms with Crippen molar-refractivity contribution in [2.24, 2.45) is 0 Å². The molecule has 0 saturated carbocycles. The lowest BCUT2D eigenvalue weighted by Gasteiger charge is -2.43. The molecule has 2 aromatic carbocycles. The Labute approximate surface area is 234 Å². The van der Waals surface area contributed by atoms with Crippen LogP contribution >= 0.6 is 0 Å². The molecule has 0 aliphatic rings. The zero-order chi connectivity index (χ0) is 30.3. The van der Waals surface area contributed by atoms with Crippen LogP contribution in [0.5, 0.6) is 11.5 Å². The average molecular weight is 558 g/mol. The van der Waals surface area contributed by atoms with Gasteiger partial charge in [0.15, 0.2) is 0 Å². The molecule has 0 heterocycles. The molecule has 0 saturated heterocycles. The summed E-state index contributed by atoms with van der Waals surface area (Å²) in [6.07, 6.45) is -0.838. The van der Waals surface area contributed by atoms with E-state index in [2.05, 4.69) is 15.4 Å². The third-order valence-corrected chi connectivity index (χ3v) is 5.70. The van der Waals surface area contributed by atoms with Gasteiger partial charge in [-0.3, -0.25) is 14.4 Å². The second-order valence-corrected chi connectivity index (χ2v) is 11.2. The highest BCUT2D eigenvalue weighted by molar-refractivity contribution is 5.94. The Balaban J connectivity index is 2.61. The van der Waals surface area contributed by atoms with E-state index in [0.29, 0.717) is 5.56 Å². The lowest BCUT2D eigenvalue weighted by atomic mass is 9.93. The number of ether oxygens (including phenoxy) is 2. The number of carbonyl (C=O) groups excluding carboxylic acids is 4. The summed E-state index contributed by atoms with van der Waals surface area (Å²) < 4.78 is 10.0. The molecular weight excluding hydrogens is 518 g/mol. The molecule has 0 bridgehead atoms. The average Bonchev–Trinajstić information content (AvgIpc) is 2.84. The van der Waals surface area contributed by atoms with Crippen LogP contribution in [0.25, 0.3) is 0 Å². The van der Waals surface area contributed by atoms with Gasteiger partial charge >= 0.3 is 12.1 Å². The molecule has 2 aromatic rings. The highest BCUT2D eigenvalue weighted by Gasteiger charge is 2.43. The Hall–Kier alpha value is -4.28. The molecule has 0 aliphatic heterocycles. The van der Waals surface area contributed by atoms with Crippen LogP contribution in [0, 0.1) is 0 Å². The second kappa shape index (κ2) is 13.2. The number of benzene rings is 2. The summed E-state index contributed by atoms with van der Waals surface area (Å²) in [5.41, 5.74) is -1.12. The number of hydrogen-bond donors (Lipinski definition) is 4. The Morgan fingerprint density at radius 2 is 1.52 bits per heavy atom. The van der Waals surface area contributed by atoms with Gasteiger partial charge in [0.2, 0.25) is 11.8 Å². The Morgan fingerprint density at radius 1 is 0.925 bits per heavy atom. The van der Waals surface area contributed by atoms with Crippen LogP contribution in [-0.4, -0.2) is 69.8 Å². The van der Waals surface area contributed by atoms with Crippen molar-refractivity contribution in [3.8, 4) is 11.5 Å². The number of hydrogen-bond acceptors (Lipinski definition) is 8. The van der Waals surface area contributed by atoms with Crippen molar-refractivity contribution in [3.63, 3.8) is 0 Å². The van der Waals surface area contributed by atoms with Gasteiger partial charge < -0.3 is 35.2 Å². The lowest BCUT2D eigenvalue weighted by Crippen LogP contribution is -2.59. The summed E-state index contributed by atoms with van der Waals surface area (Å²) in [4.78, 5) is 53.8. The van der Waals surface area contributed by atoms with E-state index in [4.69, 9.17) is 4.74 Å². The summed E-state index contributed by atoms with van der Waals surface area (Å²) in [5.74, 6) is -2.29. The van der Waals surface area contributed by atoms with E-state index in [1.165, 1.54) is 36.3 Å². The van der Waals surface area contributed by atoms with Crippen molar-refractivity contribution >= 4 is 23.9 Å². The third kappa shape index (κ3) is 9.18. The molecule has 11 nitrogen and oxygen atoms in total. The first kappa shape index (κ1) is 31.9. The number of amides is 3. The minimum absolute atomic E-state index is 0.00219. The van der Waals surface area contributed by atoms with Gasteiger partial charge in [-0.1, -0.05) is 30.3 Å². The molecule has 4 N–H and O–H groups in total. The van der Waals surface area contributed by atoms with E-state index < -0.39 is 53.6 Å². The summed E-state index contributed by atoms with van der Waals surface area (Å²) in [6, 6.07) is 9.59. The number of phenols is 2. The van der Waals surface area contributed by atoms with E-state index >= 15 is 0 Å².